The van der Waals surface area contributed by atoms with Gasteiger partial charge in [-0.3, -0.25) is 0 Å². The molecule has 0 heterocycles. The summed E-state index contributed by atoms with van der Waals surface area (Å²) >= 11 is 0. The number of fused-ring (bicyclic) bond motifs is 2. The first-order chi connectivity index (χ1) is 23.4. The molecular weight excluding hydrogens is 575 g/mol. The molecule has 3 unspecified atom stereocenters. The lowest BCUT2D eigenvalue weighted by atomic mass is 9.35. The highest BCUT2D eigenvalue weighted by Crippen LogP contribution is 2.58. The molecule has 4 aliphatic rings. The number of hydrogen-bond donors (Lipinski definition) is 0. The van der Waals surface area contributed by atoms with Gasteiger partial charge in [-0.05, 0) is 87.8 Å². The molecule has 232 valence electrons. The average Bonchev–Trinajstić information content (AvgIpc) is 3.10. The molecule has 0 aliphatic heterocycles. The van der Waals surface area contributed by atoms with Crippen LogP contribution in [0.3, 0.4) is 0 Å². The molecule has 1 heteroatoms. The van der Waals surface area contributed by atoms with Gasteiger partial charge in [0.05, 0.1) is 0 Å². The molecule has 0 bridgehead atoms. The van der Waals surface area contributed by atoms with Crippen molar-refractivity contribution in [1.82, 2.24) is 0 Å². The zero-order valence-corrected chi connectivity index (χ0v) is 28.4. The van der Waals surface area contributed by atoms with Crippen LogP contribution in [0.2, 0.25) is 0 Å². The third-order valence-electron chi connectivity index (χ3n) is 11.9. The first-order valence-corrected chi connectivity index (χ1v) is 17.7. The van der Waals surface area contributed by atoms with Crippen molar-refractivity contribution in [2.45, 2.75) is 52.3 Å². The van der Waals surface area contributed by atoms with Crippen LogP contribution in [0, 0.1) is 19.3 Å². The lowest BCUT2D eigenvalue weighted by Gasteiger charge is -2.46. The fourth-order valence-corrected chi connectivity index (χ4v) is 9.52. The summed E-state index contributed by atoms with van der Waals surface area (Å²) < 4.78 is 0. The molecule has 0 amide bonds. The van der Waals surface area contributed by atoms with Crippen LogP contribution in [0.1, 0.15) is 82.2 Å². The summed E-state index contributed by atoms with van der Waals surface area (Å²) in [4.78, 5) is 0. The maximum absolute atomic E-state index is 2.50. The molecule has 0 fully saturated rings. The molecule has 5 aromatic carbocycles. The number of rotatable bonds is 5. The van der Waals surface area contributed by atoms with Gasteiger partial charge in [-0.25, -0.2) is 0 Å². The number of hydrogen-bond acceptors (Lipinski definition) is 0. The van der Waals surface area contributed by atoms with E-state index in [0.29, 0.717) is 11.8 Å². The van der Waals surface area contributed by atoms with Crippen LogP contribution in [0.15, 0.2) is 127 Å². The van der Waals surface area contributed by atoms with Crippen molar-refractivity contribution >= 4 is 52.2 Å². The molecule has 0 aromatic heterocycles. The topological polar surface area (TPSA) is 0 Å². The summed E-state index contributed by atoms with van der Waals surface area (Å²) in [6.07, 6.45) is 21.1. The minimum Gasteiger partial charge on any atom is -0.0834 e. The minimum absolute atomic E-state index is 0.113. The van der Waals surface area contributed by atoms with Crippen molar-refractivity contribution in [3.8, 4) is 0 Å². The second kappa shape index (κ2) is 11.1. The molecule has 0 radical (unpaired) electrons. The zero-order valence-electron chi connectivity index (χ0n) is 28.4. The van der Waals surface area contributed by atoms with Gasteiger partial charge in [0.15, 0.2) is 0 Å². The molecule has 48 heavy (non-hydrogen) atoms. The van der Waals surface area contributed by atoms with Crippen molar-refractivity contribution in [2.75, 3.05) is 0 Å². The molecule has 0 spiro atoms. The lowest BCUT2D eigenvalue weighted by Crippen LogP contribution is -2.49. The number of aryl methyl sites for hydroxylation is 2. The Kier molecular flexibility index (Phi) is 6.77. The quantitative estimate of drug-likeness (QED) is 0.172. The second-order valence-corrected chi connectivity index (χ2v) is 14.8. The normalized spacial score (nSPS) is 21.4. The largest absolute Gasteiger partial charge is 0.215 e. The SMILES string of the molecule is Cc1ccc2c(c1B(Cc1cccc(C3=CC=C4C=Cc5cccc6c5C4C3(C)C=C6)c1)c1c(C)ccc3ccccc13)C=CCC2C. The Balaban J connectivity index is 1.19. The van der Waals surface area contributed by atoms with Gasteiger partial charge >= 0.3 is 0 Å². The van der Waals surface area contributed by atoms with E-state index in [1.54, 1.807) is 0 Å². The van der Waals surface area contributed by atoms with Gasteiger partial charge in [-0.15, -0.1) is 0 Å². The van der Waals surface area contributed by atoms with E-state index in [1.165, 1.54) is 82.9 Å². The van der Waals surface area contributed by atoms with Crippen LogP contribution < -0.4 is 10.9 Å². The van der Waals surface area contributed by atoms with E-state index in [9.17, 15) is 0 Å². The van der Waals surface area contributed by atoms with E-state index < -0.39 is 0 Å². The number of allylic oxidation sites excluding steroid dienone is 7. The predicted molar refractivity (Wildman–Crippen MR) is 209 cm³/mol. The van der Waals surface area contributed by atoms with E-state index in [-0.39, 0.29) is 12.1 Å². The molecular formula is C47H41B. The Bertz CT molecular complexity index is 2310. The van der Waals surface area contributed by atoms with Crippen LogP contribution in [0.4, 0.5) is 0 Å². The second-order valence-electron chi connectivity index (χ2n) is 14.8. The molecule has 0 saturated carbocycles. The fourth-order valence-electron chi connectivity index (χ4n) is 9.52. The maximum atomic E-state index is 2.50. The average molecular weight is 617 g/mol. The summed E-state index contributed by atoms with van der Waals surface area (Å²) in [7, 11) is 0. The van der Waals surface area contributed by atoms with Crippen molar-refractivity contribution in [1.29, 1.82) is 0 Å². The van der Waals surface area contributed by atoms with Gasteiger partial charge in [0.25, 0.3) is 0 Å². The van der Waals surface area contributed by atoms with E-state index in [4.69, 9.17) is 0 Å². The highest BCUT2D eigenvalue weighted by molar-refractivity contribution is 6.87. The molecule has 4 aliphatic carbocycles. The van der Waals surface area contributed by atoms with Crippen LogP contribution in [-0.2, 0) is 6.32 Å². The first kappa shape index (κ1) is 29.3. The molecule has 0 nitrogen and oxygen atoms in total. The van der Waals surface area contributed by atoms with Crippen LogP contribution >= 0.6 is 0 Å². The fraction of sp³-hybridized carbons (Fsp3) is 0.191. The Morgan fingerprint density at radius 2 is 1.54 bits per heavy atom. The molecule has 9 rings (SSSR count). The third-order valence-corrected chi connectivity index (χ3v) is 11.9. The Labute approximate surface area is 286 Å². The molecule has 0 saturated heterocycles. The van der Waals surface area contributed by atoms with Crippen molar-refractivity contribution in [3.05, 3.63) is 177 Å². The van der Waals surface area contributed by atoms with Crippen molar-refractivity contribution < 1.29 is 0 Å². The van der Waals surface area contributed by atoms with Crippen LogP contribution in [0.25, 0.3) is 34.6 Å². The van der Waals surface area contributed by atoms with Gasteiger partial charge in [0.2, 0.25) is 6.71 Å². The zero-order chi connectivity index (χ0) is 32.6. The smallest absolute Gasteiger partial charge is 0.0834 e. The van der Waals surface area contributed by atoms with Crippen molar-refractivity contribution in [2.24, 2.45) is 5.41 Å². The molecule has 0 N–H and O–H groups in total. The summed E-state index contributed by atoms with van der Waals surface area (Å²) in [5.74, 6) is 0.864. The van der Waals surface area contributed by atoms with E-state index in [1.807, 2.05) is 0 Å². The Morgan fingerprint density at radius 1 is 0.750 bits per heavy atom. The highest BCUT2D eigenvalue weighted by atomic mass is 14.5. The van der Waals surface area contributed by atoms with E-state index >= 15 is 0 Å². The van der Waals surface area contributed by atoms with Crippen LogP contribution in [0.5, 0.6) is 0 Å². The summed E-state index contributed by atoms with van der Waals surface area (Å²) in [6.45, 7) is 9.70. The van der Waals surface area contributed by atoms with Gasteiger partial charge in [0.1, 0.15) is 0 Å². The minimum atomic E-state index is -0.113. The Morgan fingerprint density at radius 3 is 2.44 bits per heavy atom. The molecule has 3 atom stereocenters. The first-order valence-electron chi connectivity index (χ1n) is 17.7. The highest BCUT2D eigenvalue weighted by Gasteiger charge is 2.45. The summed E-state index contributed by atoms with van der Waals surface area (Å²) in [5.41, 5.74) is 18.3. The van der Waals surface area contributed by atoms with Gasteiger partial charge < -0.3 is 0 Å². The summed E-state index contributed by atoms with van der Waals surface area (Å²) in [6, 6.07) is 34.6. The maximum Gasteiger partial charge on any atom is 0.215 e. The summed E-state index contributed by atoms with van der Waals surface area (Å²) in [5, 5.41) is 2.69. The lowest BCUT2D eigenvalue weighted by molar-refractivity contribution is 0.484. The third kappa shape index (κ3) is 4.44. The van der Waals surface area contributed by atoms with E-state index in [0.717, 1.165) is 12.7 Å². The van der Waals surface area contributed by atoms with Gasteiger partial charge in [-0.2, -0.15) is 0 Å². The predicted octanol–water partition coefficient (Wildman–Crippen LogP) is 10.5. The standard InChI is InChI=1S/C47H41B/c1-30-10-7-17-41-39(30)24-19-32(3)46(41)48(45-31(2)18-20-34-12-5-6-16-40(34)45)29-33-11-8-15-38(28-33)42-25-23-37-22-21-35-13-9-14-36-26-27-47(42,4)44(37)43(35)36/h5-9,11-28,30,44H,10,29H2,1-4H3. The Hall–Kier alpha value is -4.88. The van der Waals surface area contributed by atoms with Gasteiger partial charge in [-0.1, -0.05) is 181 Å². The molecule has 5 aromatic rings. The van der Waals surface area contributed by atoms with Crippen LogP contribution in [-0.4, -0.2) is 6.71 Å². The number of benzene rings is 5. The van der Waals surface area contributed by atoms with E-state index in [2.05, 4.69) is 167 Å². The van der Waals surface area contributed by atoms with Gasteiger partial charge in [0, 0.05) is 11.3 Å². The van der Waals surface area contributed by atoms with Crippen molar-refractivity contribution in [3.63, 3.8) is 0 Å². The monoisotopic (exact) mass is 616 g/mol.